The van der Waals surface area contributed by atoms with Crippen LogP contribution in [0.15, 0.2) is 29.1 Å². The van der Waals surface area contributed by atoms with Crippen molar-refractivity contribution < 1.29 is 63.6 Å². The van der Waals surface area contributed by atoms with Crippen molar-refractivity contribution >= 4 is 17.8 Å². The Bertz CT molecular complexity index is 1480. The van der Waals surface area contributed by atoms with Crippen molar-refractivity contribution in [3.63, 3.8) is 0 Å². The number of H-pyrrole nitrogens is 1. The highest BCUT2D eigenvalue weighted by Gasteiger charge is 2.61. The molecule has 1 aromatic heterocycles. The summed E-state index contributed by atoms with van der Waals surface area (Å²) in [6, 6.07) is 2.41. The standard InChI is InChI=1S/C25H21F9N4O5/c26-18-6-5-13(10-16(18)21(41)36-7-8-37(19(39)12-36)14-3-1-2-4-14)9-15-11-17(23(27,28)25(32,33)34)20(40)35-38(15)43-22(42)24(29,30)31/h5-6,10-11,14H,1-4,7-9,12H2/p+1. The van der Waals surface area contributed by atoms with E-state index in [1.807, 2.05) is 0 Å². The summed E-state index contributed by atoms with van der Waals surface area (Å²) in [5.74, 6) is -11.1. The molecule has 43 heavy (non-hydrogen) atoms. The van der Waals surface area contributed by atoms with Gasteiger partial charge in [0.1, 0.15) is 22.8 Å². The molecule has 0 unspecified atom stereocenters. The van der Waals surface area contributed by atoms with Gasteiger partial charge in [-0.15, -0.1) is 0 Å². The number of benzene rings is 1. The van der Waals surface area contributed by atoms with Crippen LogP contribution in [0, 0.1) is 5.82 Å². The molecule has 0 bridgehead atoms. The monoisotopic (exact) mass is 629 g/mol. The van der Waals surface area contributed by atoms with E-state index < -0.39 is 64.8 Å². The highest BCUT2D eigenvalue weighted by atomic mass is 19.4. The predicted molar refractivity (Wildman–Crippen MR) is 124 cm³/mol. The van der Waals surface area contributed by atoms with E-state index in [0.29, 0.717) is 0 Å². The molecule has 4 rings (SSSR count). The molecule has 1 saturated heterocycles. The molecular formula is C25H22F9N4O5+. The molecule has 1 N–H and O–H groups in total. The number of aromatic nitrogens is 2. The van der Waals surface area contributed by atoms with Gasteiger partial charge in [0, 0.05) is 25.2 Å². The Hall–Kier alpha value is -4.12. The summed E-state index contributed by atoms with van der Waals surface area (Å²) in [7, 11) is 0. The zero-order valence-electron chi connectivity index (χ0n) is 21.8. The minimum atomic E-state index is -6.29. The minimum absolute atomic E-state index is 0.0369. The molecule has 1 aliphatic carbocycles. The zero-order chi connectivity index (χ0) is 31.9. The first-order valence-electron chi connectivity index (χ1n) is 12.7. The van der Waals surface area contributed by atoms with Gasteiger partial charge < -0.3 is 9.80 Å². The summed E-state index contributed by atoms with van der Waals surface area (Å²) >= 11 is 0. The van der Waals surface area contributed by atoms with Crippen molar-refractivity contribution in [3.8, 4) is 0 Å². The SMILES string of the molecule is O=C(c1cc(Cc2cc(C(F)(F)C(F)(F)F)c(=O)[nH][n+]2OC(=O)C(F)(F)F)ccc1F)N1CCN(C2CCCC2)C(=O)C1. The van der Waals surface area contributed by atoms with Crippen LogP contribution in [0.3, 0.4) is 0 Å². The van der Waals surface area contributed by atoms with E-state index in [1.165, 1.54) is 5.10 Å². The number of alkyl halides is 8. The third-order valence-electron chi connectivity index (χ3n) is 7.08. The Labute approximate surface area is 235 Å². The van der Waals surface area contributed by atoms with Crippen LogP contribution in [0.1, 0.15) is 52.9 Å². The van der Waals surface area contributed by atoms with Crippen LogP contribution in [0.2, 0.25) is 0 Å². The summed E-state index contributed by atoms with van der Waals surface area (Å²) in [5, 5.41) is 1.23. The van der Waals surface area contributed by atoms with Crippen LogP contribution in [-0.2, 0) is 21.9 Å². The molecule has 2 aliphatic rings. The van der Waals surface area contributed by atoms with Crippen LogP contribution >= 0.6 is 0 Å². The lowest BCUT2D eigenvalue weighted by molar-refractivity contribution is -0.921. The van der Waals surface area contributed by atoms with Gasteiger partial charge in [0.05, 0.1) is 12.0 Å². The molecule has 2 amide bonds. The average Bonchev–Trinajstić information content (AvgIpc) is 3.44. The van der Waals surface area contributed by atoms with E-state index in [1.54, 1.807) is 4.90 Å². The molecule has 0 atom stereocenters. The summed E-state index contributed by atoms with van der Waals surface area (Å²) in [5.41, 5.74) is -6.35. The molecule has 2 fully saturated rings. The van der Waals surface area contributed by atoms with Gasteiger partial charge in [-0.05, 0) is 30.5 Å². The van der Waals surface area contributed by atoms with Gasteiger partial charge in [-0.3, -0.25) is 14.4 Å². The smallest absolute Gasteiger partial charge is 0.336 e. The van der Waals surface area contributed by atoms with Gasteiger partial charge in [0.15, 0.2) is 0 Å². The maximum Gasteiger partial charge on any atom is 0.498 e. The number of halogens is 9. The number of carbonyl (C=O) groups excluding carboxylic acids is 3. The number of piperazine rings is 1. The summed E-state index contributed by atoms with van der Waals surface area (Å²) in [6.07, 6.45) is -9.35. The lowest BCUT2D eigenvalue weighted by atomic mass is 10.0. The van der Waals surface area contributed by atoms with E-state index in [9.17, 15) is 58.7 Å². The Morgan fingerprint density at radius 1 is 0.977 bits per heavy atom. The van der Waals surface area contributed by atoms with E-state index in [2.05, 4.69) is 4.84 Å². The highest BCUT2D eigenvalue weighted by molar-refractivity contribution is 5.97. The molecule has 18 heteroatoms. The first-order valence-corrected chi connectivity index (χ1v) is 12.7. The van der Waals surface area contributed by atoms with Crippen LogP contribution in [0.4, 0.5) is 39.5 Å². The third kappa shape index (κ3) is 6.61. The van der Waals surface area contributed by atoms with E-state index in [4.69, 9.17) is 0 Å². The largest absolute Gasteiger partial charge is 0.498 e. The molecule has 0 spiro atoms. The van der Waals surface area contributed by atoms with Gasteiger partial charge in [0.25, 0.3) is 11.6 Å². The second kappa shape index (κ2) is 11.5. The number of hydrogen-bond acceptors (Lipinski definition) is 5. The van der Waals surface area contributed by atoms with Crippen LogP contribution in [0.25, 0.3) is 0 Å². The van der Waals surface area contributed by atoms with Crippen LogP contribution in [-0.4, -0.2) is 70.7 Å². The number of rotatable bonds is 6. The molecule has 234 valence electrons. The third-order valence-corrected chi connectivity index (χ3v) is 7.08. The van der Waals surface area contributed by atoms with Crippen molar-refractivity contribution in [1.29, 1.82) is 0 Å². The molecule has 1 aliphatic heterocycles. The number of nitrogens with one attached hydrogen (secondary N) is 1. The molecule has 0 radical (unpaired) electrons. The first-order chi connectivity index (χ1) is 19.9. The number of aromatic amines is 1. The van der Waals surface area contributed by atoms with Crippen molar-refractivity contribution in [2.75, 3.05) is 19.6 Å². The Balaban J connectivity index is 1.66. The van der Waals surface area contributed by atoms with Gasteiger partial charge in [-0.25, -0.2) is 9.18 Å². The van der Waals surface area contributed by atoms with Crippen molar-refractivity contribution in [3.05, 3.63) is 62.8 Å². The predicted octanol–water partition coefficient (Wildman–Crippen LogP) is 2.79. The Kier molecular flexibility index (Phi) is 8.52. The maximum atomic E-state index is 14.7. The lowest BCUT2D eigenvalue weighted by Crippen LogP contribution is -2.59. The summed E-state index contributed by atoms with van der Waals surface area (Å²) < 4.78 is 120. The van der Waals surface area contributed by atoms with Gasteiger partial charge in [-0.1, -0.05) is 24.0 Å². The van der Waals surface area contributed by atoms with Gasteiger partial charge in [-0.2, -0.15) is 40.0 Å². The number of amides is 2. The number of hydrogen-bond donors (Lipinski definition) is 1. The summed E-state index contributed by atoms with van der Waals surface area (Å²) in [6.45, 7) is -0.134. The van der Waals surface area contributed by atoms with Crippen LogP contribution < -0.4 is 15.2 Å². The fraction of sp³-hybridized carbons (Fsp3) is 0.480. The second-order valence-electron chi connectivity index (χ2n) is 9.98. The van der Waals surface area contributed by atoms with Crippen molar-refractivity contribution in [1.82, 2.24) is 14.9 Å². The van der Waals surface area contributed by atoms with E-state index in [0.717, 1.165) is 48.8 Å². The highest BCUT2D eigenvalue weighted by Crippen LogP contribution is 2.42. The van der Waals surface area contributed by atoms with Gasteiger partial charge >= 0.3 is 29.8 Å². The molecule has 9 nitrogen and oxygen atoms in total. The normalized spacial score (nSPS) is 17.0. The Morgan fingerprint density at radius 3 is 2.21 bits per heavy atom. The van der Waals surface area contributed by atoms with Crippen molar-refractivity contribution in [2.24, 2.45) is 0 Å². The zero-order valence-corrected chi connectivity index (χ0v) is 21.8. The van der Waals surface area contributed by atoms with E-state index in [-0.39, 0.29) is 48.1 Å². The lowest BCUT2D eigenvalue weighted by Gasteiger charge is -2.37. The number of nitrogens with zero attached hydrogens (tertiary/aromatic N) is 3. The maximum absolute atomic E-state index is 14.7. The minimum Gasteiger partial charge on any atom is -0.336 e. The fourth-order valence-corrected chi connectivity index (χ4v) is 4.93. The summed E-state index contributed by atoms with van der Waals surface area (Å²) in [4.78, 5) is 55.4. The molecule has 2 aromatic rings. The average molecular weight is 629 g/mol. The quantitative estimate of drug-likeness (QED) is 0.391. The van der Waals surface area contributed by atoms with Crippen LogP contribution in [0.5, 0.6) is 0 Å². The molecule has 1 aromatic carbocycles. The fourth-order valence-electron chi connectivity index (χ4n) is 4.93. The Morgan fingerprint density at radius 2 is 1.63 bits per heavy atom. The van der Waals surface area contributed by atoms with E-state index >= 15 is 0 Å². The van der Waals surface area contributed by atoms with Gasteiger partial charge in [0.2, 0.25) is 5.91 Å². The topological polar surface area (TPSA) is 104 Å². The second-order valence-corrected chi connectivity index (χ2v) is 9.98. The first kappa shape index (κ1) is 31.8. The molecular weight excluding hydrogens is 607 g/mol. The number of carbonyl (C=O) groups is 3. The molecule has 1 saturated carbocycles. The molecule has 2 heterocycles. The van der Waals surface area contributed by atoms with Crippen molar-refractivity contribution in [2.45, 2.75) is 56.4 Å².